The molecule has 5 heteroatoms. The molecular formula is C14H26N2O3. The largest absolute Gasteiger partial charge is 0.466 e. The van der Waals surface area contributed by atoms with Gasteiger partial charge >= 0.3 is 5.97 Å². The molecule has 1 amide bonds. The molecule has 1 aliphatic rings. The predicted molar refractivity (Wildman–Crippen MR) is 73.7 cm³/mol. The highest BCUT2D eigenvalue weighted by molar-refractivity contribution is 5.81. The molecule has 1 fully saturated rings. The van der Waals surface area contributed by atoms with Gasteiger partial charge in [0.05, 0.1) is 13.0 Å². The quantitative estimate of drug-likeness (QED) is 0.673. The van der Waals surface area contributed by atoms with Crippen LogP contribution in [-0.4, -0.2) is 49.6 Å². The van der Waals surface area contributed by atoms with Crippen LogP contribution in [0.4, 0.5) is 0 Å². The summed E-state index contributed by atoms with van der Waals surface area (Å²) in [4.78, 5) is 25.1. The van der Waals surface area contributed by atoms with E-state index >= 15 is 0 Å². The molecule has 1 rings (SSSR count). The van der Waals surface area contributed by atoms with Crippen LogP contribution in [0.25, 0.3) is 0 Å². The first-order chi connectivity index (χ1) is 9.11. The van der Waals surface area contributed by atoms with Gasteiger partial charge < -0.3 is 15.0 Å². The molecule has 5 nitrogen and oxygen atoms in total. The molecule has 0 aromatic heterocycles. The van der Waals surface area contributed by atoms with Gasteiger partial charge in [-0.15, -0.1) is 0 Å². The zero-order chi connectivity index (χ0) is 14.1. The van der Waals surface area contributed by atoms with Crippen molar-refractivity contribution in [1.29, 1.82) is 0 Å². The van der Waals surface area contributed by atoms with Crippen molar-refractivity contribution in [3.05, 3.63) is 0 Å². The third-order valence-electron chi connectivity index (χ3n) is 3.28. The Morgan fingerprint density at radius 2 is 1.95 bits per heavy atom. The van der Waals surface area contributed by atoms with Crippen LogP contribution in [0.1, 0.15) is 39.5 Å². The third-order valence-corrected chi connectivity index (χ3v) is 3.28. The molecule has 0 spiro atoms. The van der Waals surface area contributed by atoms with E-state index in [1.807, 2.05) is 0 Å². The van der Waals surface area contributed by atoms with Crippen molar-refractivity contribution in [3.8, 4) is 0 Å². The number of hydrogen-bond acceptors (Lipinski definition) is 4. The molecule has 1 atom stereocenters. The maximum absolute atomic E-state index is 11.6. The first-order valence-corrected chi connectivity index (χ1v) is 7.26. The van der Waals surface area contributed by atoms with Gasteiger partial charge in [0.25, 0.3) is 0 Å². The Balaban J connectivity index is 2.06. The average molecular weight is 270 g/mol. The van der Waals surface area contributed by atoms with Crippen LogP contribution in [-0.2, 0) is 14.3 Å². The number of likely N-dealkylation sites (tertiary alicyclic amines) is 1. The standard InChI is InChI=1S/C14H26N2O3/c1-3-19-14(18)7-6-13(17)15-10-12(2)11-16-8-4-5-9-16/h12H,3-11H2,1-2H3,(H,15,17). The maximum Gasteiger partial charge on any atom is 0.306 e. The first kappa shape index (κ1) is 16.0. The van der Waals surface area contributed by atoms with Gasteiger partial charge in [-0.1, -0.05) is 6.92 Å². The number of hydrogen-bond donors (Lipinski definition) is 1. The number of nitrogens with one attached hydrogen (secondary N) is 1. The molecule has 0 aromatic carbocycles. The average Bonchev–Trinajstić information content (AvgIpc) is 2.87. The van der Waals surface area contributed by atoms with E-state index < -0.39 is 0 Å². The molecule has 19 heavy (non-hydrogen) atoms. The second-order valence-electron chi connectivity index (χ2n) is 5.22. The van der Waals surface area contributed by atoms with Crippen LogP contribution in [0, 0.1) is 5.92 Å². The minimum atomic E-state index is -0.303. The molecule has 0 saturated carbocycles. The molecule has 0 aromatic rings. The smallest absolute Gasteiger partial charge is 0.306 e. The number of carbonyl (C=O) groups excluding carboxylic acids is 2. The summed E-state index contributed by atoms with van der Waals surface area (Å²) >= 11 is 0. The highest BCUT2D eigenvalue weighted by Crippen LogP contribution is 2.09. The Kier molecular flexibility index (Phi) is 7.48. The highest BCUT2D eigenvalue weighted by atomic mass is 16.5. The first-order valence-electron chi connectivity index (χ1n) is 7.26. The van der Waals surface area contributed by atoms with Gasteiger partial charge in [-0.3, -0.25) is 9.59 Å². The fourth-order valence-electron chi connectivity index (χ4n) is 2.30. The summed E-state index contributed by atoms with van der Waals surface area (Å²) in [5, 5.41) is 2.88. The number of amides is 1. The van der Waals surface area contributed by atoms with Crippen LogP contribution in [0.2, 0.25) is 0 Å². The minimum absolute atomic E-state index is 0.0682. The molecule has 1 heterocycles. The van der Waals surface area contributed by atoms with E-state index in [1.165, 1.54) is 25.9 Å². The van der Waals surface area contributed by atoms with Crippen molar-refractivity contribution >= 4 is 11.9 Å². The van der Waals surface area contributed by atoms with E-state index in [9.17, 15) is 9.59 Å². The third kappa shape index (κ3) is 7.15. The number of rotatable bonds is 8. The lowest BCUT2D eigenvalue weighted by Crippen LogP contribution is -2.34. The van der Waals surface area contributed by atoms with Crippen LogP contribution in [0.3, 0.4) is 0 Å². The topological polar surface area (TPSA) is 58.6 Å². The zero-order valence-corrected chi connectivity index (χ0v) is 12.1. The van der Waals surface area contributed by atoms with E-state index in [0.717, 1.165) is 6.54 Å². The Bertz CT molecular complexity index is 288. The summed E-state index contributed by atoms with van der Waals surface area (Å²) in [7, 11) is 0. The second kappa shape index (κ2) is 8.91. The van der Waals surface area contributed by atoms with Gasteiger partial charge in [0.1, 0.15) is 0 Å². The lowest BCUT2D eigenvalue weighted by Gasteiger charge is -2.20. The molecule has 1 aliphatic heterocycles. The molecule has 1 N–H and O–H groups in total. The fraction of sp³-hybridized carbons (Fsp3) is 0.857. The van der Waals surface area contributed by atoms with Crippen LogP contribution >= 0.6 is 0 Å². The van der Waals surface area contributed by atoms with Crippen molar-refractivity contribution in [2.45, 2.75) is 39.5 Å². The van der Waals surface area contributed by atoms with Gasteiger partial charge in [0.2, 0.25) is 5.91 Å². The van der Waals surface area contributed by atoms with Crippen molar-refractivity contribution < 1.29 is 14.3 Å². The second-order valence-corrected chi connectivity index (χ2v) is 5.22. The SMILES string of the molecule is CCOC(=O)CCC(=O)NCC(C)CN1CCCC1. The molecule has 0 aliphatic carbocycles. The molecule has 1 saturated heterocycles. The van der Waals surface area contributed by atoms with Gasteiger partial charge in [-0.2, -0.15) is 0 Å². The number of carbonyl (C=O) groups is 2. The lowest BCUT2D eigenvalue weighted by atomic mass is 10.1. The van der Waals surface area contributed by atoms with Crippen LogP contribution in [0.5, 0.6) is 0 Å². The van der Waals surface area contributed by atoms with Gasteiger partial charge in [0.15, 0.2) is 0 Å². The Morgan fingerprint density at radius 3 is 2.58 bits per heavy atom. The molecule has 110 valence electrons. The minimum Gasteiger partial charge on any atom is -0.466 e. The molecule has 1 unspecified atom stereocenters. The van der Waals surface area contributed by atoms with Gasteiger partial charge in [-0.25, -0.2) is 0 Å². The van der Waals surface area contributed by atoms with Crippen molar-refractivity contribution in [1.82, 2.24) is 10.2 Å². The van der Waals surface area contributed by atoms with Gasteiger partial charge in [0, 0.05) is 19.5 Å². The summed E-state index contributed by atoms with van der Waals surface area (Å²) in [5.41, 5.74) is 0. The van der Waals surface area contributed by atoms with E-state index in [-0.39, 0.29) is 24.7 Å². The highest BCUT2D eigenvalue weighted by Gasteiger charge is 2.15. The summed E-state index contributed by atoms with van der Waals surface area (Å²) in [6.07, 6.45) is 2.96. The van der Waals surface area contributed by atoms with E-state index in [1.54, 1.807) is 6.92 Å². The number of ether oxygens (including phenoxy) is 1. The van der Waals surface area contributed by atoms with E-state index in [2.05, 4.69) is 17.1 Å². The molecule has 0 bridgehead atoms. The fourth-order valence-corrected chi connectivity index (χ4v) is 2.30. The molecular weight excluding hydrogens is 244 g/mol. The lowest BCUT2D eigenvalue weighted by molar-refractivity contribution is -0.144. The zero-order valence-electron chi connectivity index (χ0n) is 12.1. The number of nitrogens with zero attached hydrogens (tertiary/aromatic N) is 1. The summed E-state index contributed by atoms with van der Waals surface area (Å²) in [6, 6.07) is 0. The predicted octanol–water partition coefficient (Wildman–Crippen LogP) is 1.18. The maximum atomic E-state index is 11.6. The van der Waals surface area contributed by atoms with Gasteiger partial charge in [-0.05, 0) is 38.8 Å². The number of esters is 1. The van der Waals surface area contributed by atoms with E-state index in [4.69, 9.17) is 4.74 Å². The summed E-state index contributed by atoms with van der Waals surface area (Å²) in [5.74, 6) is 0.0775. The Hall–Kier alpha value is -1.10. The molecule has 0 radical (unpaired) electrons. The van der Waals surface area contributed by atoms with Crippen LogP contribution in [0.15, 0.2) is 0 Å². The Morgan fingerprint density at radius 1 is 1.26 bits per heavy atom. The van der Waals surface area contributed by atoms with Crippen molar-refractivity contribution in [3.63, 3.8) is 0 Å². The summed E-state index contributed by atoms with van der Waals surface area (Å²) < 4.78 is 4.78. The van der Waals surface area contributed by atoms with Crippen LogP contribution < -0.4 is 5.32 Å². The normalized spacial score (nSPS) is 17.2. The van der Waals surface area contributed by atoms with Crippen molar-refractivity contribution in [2.24, 2.45) is 5.92 Å². The Labute approximate surface area is 115 Å². The van der Waals surface area contributed by atoms with Crippen molar-refractivity contribution in [2.75, 3.05) is 32.8 Å². The van der Waals surface area contributed by atoms with E-state index in [0.29, 0.717) is 19.1 Å². The monoisotopic (exact) mass is 270 g/mol. The summed E-state index contributed by atoms with van der Waals surface area (Å²) in [6.45, 7) is 8.36.